The second kappa shape index (κ2) is 3.46. The van der Waals surface area contributed by atoms with E-state index in [-0.39, 0.29) is 5.91 Å². The van der Waals surface area contributed by atoms with Crippen LogP contribution in [0.15, 0.2) is 0 Å². The summed E-state index contributed by atoms with van der Waals surface area (Å²) >= 11 is 0. The molecule has 1 atom stereocenters. The van der Waals surface area contributed by atoms with Gasteiger partial charge in [0.25, 0.3) is 0 Å². The van der Waals surface area contributed by atoms with E-state index in [0.717, 1.165) is 19.4 Å². The third-order valence-electron chi connectivity index (χ3n) is 2.25. The number of nitrogens with one attached hydrogen (secondary N) is 1. The van der Waals surface area contributed by atoms with Gasteiger partial charge in [-0.25, -0.2) is 0 Å². The highest BCUT2D eigenvalue weighted by atomic mass is 16.1. The Balaban J connectivity index is 2.37. The highest BCUT2D eigenvalue weighted by Crippen LogP contribution is 2.29. The van der Waals surface area contributed by atoms with E-state index in [2.05, 4.69) is 26.1 Å². The largest absolute Gasteiger partial charge is 0.356 e. The van der Waals surface area contributed by atoms with Gasteiger partial charge in [-0.05, 0) is 24.2 Å². The molecule has 1 fully saturated rings. The maximum absolute atomic E-state index is 11.0. The molecule has 1 N–H and O–H groups in total. The van der Waals surface area contributed by atoms with Crippen molar-refractivity contribution < 1.29 is 4.79 Å². The molecule has 0 aromatic heterocycles. The van der Waals surface area contributed by atoms with E-state index in [1.165, 1.54) is 6.42 Å². The zero-order chi connectivity index (χ0) is 9.19. The summed E-state index contributed by atoms with van der Waals surface area (Å²) in [4.78, 5) is 11.0. The van der Waals surface area contributed by atoms with Crippen molar-refractivity contribution in [1.82, 2.24) is 5.32 Å². The van der Waals surface area contributed by atoms with Crippen LogP contribution >= 0.6 is 0 Å². The van der Waals surface area contributed by atoms with E-state index in [0.29, 0.717) is 11.3 Å². The lowest BCUT2D eigenvalue weighted by Gasteiger charge is -2.28. The van der Waals surface area contributed by atoms with Gasteiger partial charge in [0.2, 0.25) is 5.91 Å². The molecule has 0 saturated carbocycles. The predicted octanol–water partition coefficient (Wildman–Crippen LogP) is 1.95. The SMILES string of the molecule is CC(C)(C)CC1CCNC(=O)C1. The van der Waals surface area contributed by atoms with Gasteiger partial charge in [0.05, 0.1) is 0 Å². The Morgan fingerprint density at radius 1 is 1.50 bits per heavy atom. The topological polar surface area (TPSA) is 29.1 Å². The molecule has 1 aliphatic heterocycles. The first kappa shape index (κ1) is 9.56. The summed E-state index contributed by atoms with van der Waals surface area (Å²) < 4.78 is 0. The second-order valence-electron chi connectivity index (χ2n) is 4.97. The van der Waals surface area contributed by atoms with Gasteiger partial charge in [0.1, 0.15) is 0 Å². The Kier molecular flexibility index (Phi) is 2.76. The Labute approximate surface area is 74.7 Å². The number of carbonyl (C=O) groups is 1. The molecule has 2 heteroatoms. The Hall–Kier alpha value is -0.530. The molecule has 1 aliphatic rings. The van der Waals surface area contributed by atoms with Gasteiger partial charge < -0.3 is 5.32 Å². The number of amides is 1. The zero-order valence-electron chi connectivity index (χ0n) is 8.31. The van der Waals surface area contributed by atoms with Crippen molar-refractivity contribution in [1.29, 1.82) is 0 Å². The van der Waals surface area contributed by atoms with Crippen molar-refractivity contribution in [3.05, 3.63) is 0 Å². The summed E-state index contributed by atoms with van der Waals surface area (Å²) in [5.41, 5.74) is 0.363. The molecule has 1 amide bonds. The molecular formula is C10H19NO. The quantitative estimate of drug-likeness (QED) is 0.638. The molecule has 1 rings (SSSR count). The van der Waals surface area contributed by atoms with Crippen molar-refractivity contribution in [3.63, 3.8) is 0 Å². The molecule has 0 radical (unpaired) electrons. The van der Waals surface area contributed by atoms with Crippen LogP contribution in [0.4, 0.5) is 0 Å². The number of hydrogen-bond donors (Lipinski definition) is 1. The van der Waals surface area contributed by atoms with Crippen LogP contribution in [0, 0.1) is 11.3 Å². The summed E-state index contributed by atoms with van der Waals surface area (Å²) in [6.45, 7) is 7.58. The van der Waals surface area contributed by atoms with Crippen LogP contribution in [0.1, 0.15) is 40.0 Å². The molecule has 0 spiro atoms. The van der Waals surface area contributed by atoms with Crippen molar-refractivity contribution in [2.75, 3.05) is 6.54 Å². The van der Waals surface area contributed by atoms with Gasteiger partial charge in [-0.15, -0.1) is 0 Å². The number of hydrogen-bond acceptors (Lipinski definition) is 1. The molecule has 1 heterocycles. The normalized spacial score (nSPS) is 25.2. The summed E-state index contributed by atoms with van der Waals surface area (Å²) in [5.74, 6) is 0.842. The molecular weight excluding hydrogens is 150 g/mol. The van der Waals surface area contributed by atoms with Gasteiger partial charge in [-0.3, -0.25) is 4.79 Å². The minimum Gasteiger partial charge on any atom is -0.356 e. The number of rotatable bonds is 1. The molecule has 0 aromatic rings. The molecule has 0 bridgehead atoms. The van der Waals surface area contributed by atoms with Gasteiger partial charge in [0.15, 0.2) is 0 Å². The molecule has 1 saturated heterocycles. The standard InChI is InChI=1S/C10H19NO/c1-10(2,3)7-8-4-5-11-9(12)6-8/h8H,4-7H2,1-3H3,(H,11,12). The Bertz CT molecular complexity index is 169. The average molecular weight is 169 g/mol. The number of piperidine rings is 1. The van der Waals surface area contributed by atoms with Crippen molar-refractivity contribution >= 4 is 5.91 Å². The van der Waals surface area contributed by atoms with Crippen LogP contribution in [-0.4, -0.2) is 12.5 Å². The second-order valence-corrected chi connectivity index (χ2v) is 4.97. The van der Waals surface area contributed by atoms with Crippen LogP contribution in [-0.2, 0) is 4.79 Å². The summed E-state index contributed by atoms with van der Waals surface area (Å²) in [6, 6.07) is 0. The van der Waals surface area contributed by atoms with Gasteiger partial charge in [0, 0.05) is 13.0 Å². The van der Waals surface area contributed by atoms with Crippen LogP contribution in [0.3, 0.4) is 0 Å². The van der Waals surface area contributed by atoms with E-state index < -0.39 is 0 Å². The van der Waals surface area contributed by atoms with Gasteiger partial charge in [-0.2, -0.15) is 0 Å². The Morgan fingerprint density at radius 2 is 2.17 bits per heavy atom. The van der Waals surface area contributed by atoms with Gasteiger partial charge in [-0.1, -0.05) is 20.8 Å². The summed E-state index contributed by atoms with van der Waals surface area (Å²) in [7, 11) is 0. The van der Waals surface area contributed by atoms with Crippen LogP contribution in [0.5, 0.6) is 0 Å². The highest BCUT2D eigenvalue weighted by molar-refractivity contribution is 5.76. The van der Waals surface area contributed by atoms with Crippen molar-refractivity contribution in [2.24, 2.45) is 11.3 Å². The van der Waals surface area contributed by atoms with Crippen LogP contribution < -0.4 is 5.32 Å². The van der Waals surface area contributed by atoms with Crippen molar-refractivity contribution in [3.8, 4) is 0 Å². The van der Waals surface area contributed by atoms with E-state index in [9.17, 15) is 4.79 Å². The lowest BCUT2D eigenvalue weighted by Crippen LogP contribution is -2.34. The minimum absolute atomic E-state index is 0.232. The first-order valence-corrected chi connectivity index (χ1v) is 4.74. The van der Waals surface area contributed by atoms with E-state index in [1.54, 1.807) is 0 Å². The predicted molar refractivity (Wildman–Crippen MR) is 49.8 cm³/mol. The van der Waals surface area contributed by atoms with Crippen LogP contribution in [0.2, 0.25) is 0 Å². The maximum Gasteiger partial charge on any atom is 0.220 e. The van der Waals surface area contributed by atoms with Gasteiger partial charge >= 0.3 is 0 Å². The molecule has 12 heavy (non-hydrogen) atoms. The van der Waals surface area contributed by atoms with Crippen LogP contribution in [0.25, 0.3) is 0 Å². The minimum atomic E-state index is 0.232. The maximum atomic E-state index is 11.0. The molecule has 0 aromatic carbocycles. The average Bonchev–Trinajstić information content (AvgIpc) is 1.82. The fourth-order valence-electron chi connectivity index (χ4n) is 1.89. The third-order valence-corrected chi connectivity index (χ3v) is 2.25. The molecule has 70 valence electrons. The lowest BCUT2D eigenvalue weighted by molar-refractivity contribution is -0.123. The monoisotopic (exact) mass is 169 g/mol. The zero-order valence-corrected chi connectivity index (χ0v) is 8.31. The summed E-state index contributed by atoms with van der Waals surface area (Å²) in [6.07, 6.45) is 3.06. The smallest absolute Gasteiger partial charge is 0.220 e. The number of carbonyl (C=O) groups excluding carboxylic acids is 1. The highest BCUT2D eigenvalue weighted by Gasteiger charge is 2.23. The first-order chi connectivity index (χ1) is 5.47. The van der Waals surface area contributed by atoms with E-state index >= 15 is 0 Å². The first-order valence-electron chi connectivity index (χ1n) is 4.74. The third kappa shape index (κ3) is 3.24. The van der Waals surface area contributed by atoms with E-state index in [1.807, 2.05) is 0 Å². The Morgan fingerprint density at radius 3 is 2.67 bits per heavy atom. The fourth-order valence-corrected chi connectivity index (χ4v) is 1.89. The van der Waals surface area contributed by atoms with E-state index in [4.69, 9.17) is 0 Å². The summed E-state index contributed by atoms with van der Waals surface area (Å²) in [5, 5.41) is 2.86. The fraction of sp³-hybridized carbons (Fsp3) is 0.900. The molecule has 2 nitrogen and oxygen atoms in total. The molecule has 1 unspecified atom stereocenters. The van der Waals surface area contributed by atoms with Crippen molar-refractivity contribution in [2.45, 2.75) is 40.0 Å². The molecule has 0 aliphatic carbocycles. The lowest BCUT2D eigenvalue weighted by atomic mass is 9.80.